The topological polar surface area (TPSA) is 54.9 Å². The molecule has 1 heterocycles. The van der Waals surface area contributed by atoms with Crippen LogP contribution >= 0.6 is 11.3 Å². The number of hydrogen-bond donors (Lipinski definition) is 1. The van der Waals surface area contributed by atoms with Gasteiger partial charge in [0.15, 0.2) is 0 Å². The molecule has 0 saturated heterocycles. The van der Waals surface area contributed by atoms with E-state index in [9.17, 15) is 4.79 Å². The lowest BCUT2D eigenvalue weighted by molar-refractivity contribution is -0.118. The maximum absolute atomic E-state index is 12.1. The highest BCUT2D eigenvalue weighted by molar-refractivity contribution is 7.13. The highest BCUT2D eigenvalue weighted by Crippen LogP contribution is 2.59. The van der Waals surface area contributed by atoms with Gasteiger partial charge in [0.2, 0.25) is 11.0 Å². The average molecular weight is 251 g/mol. The lowest BCUT2D eigenvalue weighted by atomic mass is 10.1. The van der Waals surface area contributed by atoms with E-state index >= 15 is 0 Å². The van der Waals surface area contributed by atoms with Crippen LogP contribution in [0, 0.1) is 17.3 Å². The molecule has 4 nitrogen and oxygen atoms in total. The summed E-state index contributed by atoms with van der Waals surface area (Å²) in [4.78, 5) is 12.1. The van der Waals surface area contributed by atoms with Gasteiger partial charge in [-0.1, -0.05) is 36.8 Å². The lowest BCUT2D eigenvalue weighted by Gasteiger charge is -2.01. The van der Waals surface area contributed by atoms with Crippen LogP contribution in [0.2, 0.25) is 0 Å². The Morgan fingerprint density at radius 3 is 2.76 bits per heavy atom. The molecule has 2 atom stereocenters. The van der Waals surface area contributed by atoms with E-state index in [1.165, 1.54) is 16.9 Å². The van der Waals surface area contributed by atoms with Gasteiger partial charge >= 0.3 is 0 Å². The Bertz CT molecular complexity index is 446. The maximum Gasteiger partial charge on any atom is 0.230 e. The largest absolute Gasteiger partial charge is 0.300 e. The molecule has 0 aromatic carbocycles. The predicted molar refractivity (Wildman–Crippen MR) is 68.7 cm³/mol. The van der Waals surface area contributed by atoms with E-state index in [-0.39, 0.29) is 17.2 Å². The zero-order valence-electron chi connectivity index (χ0n) is 10.5. The molecule has 1 fully saturated rings. The van der Waals surface area contributed by atoms with Gasteiger partial charge < -0.3 is 5.32 Å². The second-order valence-electron chi connectivity index (χ2n) is 5.30. The van der Waals surface area contributed by atoms with E-state index in [0.29, 0.717) is 11.0 Å². The highest BCUT2D eigenvalue weighted by atomic mass is 32.1. The zero-order valence-corrected chi connectivity index (χ0v) is 11.3. The van der Waals surface area contributed by atoms with E-state index in [1.54, 1.807) is 5.51 Å². The summed E-state index contributed by atoms with van der Waals surface area (Å²) in [5, 5.41) is 10.9. The van der Waals surface area contributed by atoms with Gasteiger partial charge in [-0.3, -0.25) is 4.79 Å². The number of allylic oxidation sites excluding steroid dienone is 2. The molecule has 1 aliphatic rings. The first kappa shape index (κ1) is 12.2. The monoisotopic (exact) mass is 251 g/mol. The minimum Gasteiger partial charge on any atom is -0.300 e. The summed E-state index contributed by atoms with van der Waals surface area (Å²) in [5.41, 5.74) is 2.92. The molecule has 92 valence electrons. The molecule has 0 radical (unpaired) electrons. The maximum atomic E-state index is 12.1. The first-order valence-corrected chi connectivity index (χ1v) is 6.53. The van der Waals surface area contributed by atoms with Gasteiger partial charge in [-0.15, -0.1) is 10.2 Å². The van der Waals surface area contributed by atoms with E-state index in [1.807, 2.05) is 0 Å². The fourth-order valence-electron chi connectivity index (χ4n) is 2.26. The third-order valence-corrected chi connectivity index (χ3v) is 3.90. The smallest absolute Gasteiger partial charge is 0.230 e. The summed E-state index contributed by atoms with van der Waals surface area (Å²) in [6, 6.07) is 0. The Labute approximate surface area is 105 Å². The molecule has 1 aliphatic carbocycles. The number of hydrogen-bond acceptors (Lipinski definition) is 4. The summed E-state index contributed by atoms with van der Waals surface area (Å²) < 4.78 is 0. The average Bonchev–Trinajstić information content (AvgIpc) is 2.64. The first-order chi connectivity index (χ1) is 7.93. The Morgan fingerprint density at radius 2 is 2.24 bits per heavy atom. The second-order valence-corrected chi connectivity index (χ2v) is 6.14. The fourth-order valence-corrected chi connectivity index (χ4v) is 2.71. The number of rotatable bonds is 3. The summed E-state index contributed by atoms with van der Waals surface area (Å²) in [5.74, 6) is 0.427. The third-order valence-electron chi connectivity index (χ3n) is 3.30. The van der Waals surface area contributed by atoms with Crippen molar-refractivity contribution in [3.63, 3.8) is 0 Å². The van der Waals surface area contributed by atoms with Crippen LogP contribution in [0.15, 0.2) is 17.2 Å². The number of carbonyl (C=O) groups is 1. The molecule has 1 saturated carbocycles. The Hall–Kier alpha value is -1.23. The quantitative estimate of drug-likeness (QED) is 0.840. The number of anilines is 1. The molecule has 1 aromatic rings. The minimum absolute atomic E-state index is 0.0429. The van der Waals surface area contributed by atoms with Crippen LogP contribution < -0.4 is 5.32 Å². The van der Waals surface area contributed by atoms with Gasteiger partial charge in [0.1, 0.15) is 5.51 Å². The van der Waals surface area contributed by atoms with Crippen LogP contribution in [-0.4, -0.2) is 16.1 Å². The van der Waals surface area contributed by atoms with Crippen molar-refractivity contribution in [2.45, 2.75) is 27.7 Å². The molecule has 5 heteroatoms. The van der Waals surface area contributed by atoms with Crippen molar-refractivity contribution < 1.29 is 4.79 Å². The van der Waals surface area contributed by atoms with E-state index in [0.717, 1.165) is 0 Å². The van der Waals surface area contributed by atoms with Crippen LogP contribution in [0.1, 0.15) is 27.7 Å². The zero-order chi connectivity index (χ0) is 12.6. The molecular weight excluding hydrogens is 234 g/mol. The SMILES string of the molecule is CC(C)=CC1C(C(=O)Nc2nncs2)C1(C)C. The molecule has 1 aromatic heterocycles. The van der Waals surface area contributed by atoms with Crippen LogP contribution in [0.4, 0.5) is 5.13 Å². The second kappa shape index (κ2) is 4.22. The van der Waals surface area contributed by atoms with E-state index < -0.39 is 0 Å². The number of aromatic nitrogens is 2. The Morgan fingerprint density at radius 1 is 1.53 bits per heavy atom. The van der Waals surface area contributed by atoms with Crippen molar-refractivity contribution in [1.82, 2.24) is 10.2 Å². The third kappa shape index (κ3) is 2.39. The number of nitrogens with zero attached hydrogens (tertiary/aromatic N) is 2. The normalized spacial score (nSPS) is 25.2. The van der Waals surface area contributed by atoms with Crippen LogP contribution in [-0.2, 0) is 4.79 Å². The number of carbonyl (C=O) groups excluding carboxylic acids is 1. The number of amides is 1. The lowest BCUT2D eigenvalue weighted by Crippen LogP contribution is -2.16. The molecule has 0 spiro atoms. The van der Waals surface area contributed by atoms with Crippen LogP contribution in [0.25, 0.3) is 0 Å². The standard InChI is InChI=1S/C12H17N3OS/c1-7(2)5-8-9(12(8,3)4)10(16)14-11-15-13-6-17-11/h5-6,8-9H,1-4H3,(H,14,15,16). The molecule has 1 N–H and O–H groups in total. The van der Waals surface area contributed by atoms with Crippen LogP contribution in [0.3, 0.4) is 0 Å². The summed E-state index contributed by atoms with van der Waals surface area (Å²) in [7, 11) is 0. The molecule has 1 amide bonds. The Balaban J connectivity index is 2.04. The molecule has 0 aliphatic heterocycles. The molecule has 17 heavy (non-hydrogen) atoms. The molecule has 0 bridgehead atoms. The van der Waals surface area contributed by atoms with Crippen molar-refractivity contribution in [1.29, 1.82) is 0 Å². The van der Waals surface area contributed by atoms with E-state index in [4.69, 9.17) is 0 Å². The van der Waals surface area contributed by atoms with Gasteiger partial charge in [-0.25, -0.2) is 0 Å². The van der Waals surface area contributed by atoms with Crippen molar-refractivity contribution in [3.05, 3.63) is 17.2 Å². The van der Waals surface area contributed by atoms with Crippen LogP contribution in [0.5, 0.6) is 0 Å². The fraction of sp³-hybridized carbons (Fsp3) is 0.583. The van der Waals surface area contributed by atoms with E-state index in [2.05, 4.69) is 49.3 Å². The first-order valence-electron chi connectivity index (χ1n) is 5.65. The summed E-state index contributed by atoms with van der Waals surface area (Å²) in [6.45, 7) is 8.38. The van der Waals surface area contributed by atoms with Crippen molar-refractivity contribution in [2.75, 3.05) is 5.32 Å². The summed E-state index contributed by atoms with van der Waals surface area (Å²) >= 11 is 1.34. The van der Waals surface area contributed by atoms with Gasteiger partial charge in [-0.05, 0) is 25.2 Å². The minimum atomic E-state index is 0.0429. The van der Waals surface area contributed by atoms with Gasteiger partial charge in [0.25, 0.3) is 0 Å². The van der Waals surface area contributed by atoms with Crippen molar-refractivity contribution >= 4 is 22.4 Å². The van der Waals surface area contributed by atoms with Gasteiger partial charge in [0.05, 0.1) is 5.92 Å². The van der Waals surface area contributed by atoms with Gasteiger partial charge in [-0.2, -0.15) is 0 Å². The molecule has 2 unspecified atom stereocenters. The van der Waals surface area contributed by atoms with Crippen molar-refractivity contribution in [3.8, 4) is 0 Å². The number of nitrogens with one attached hydrogen (secondary N) is 1. The Kier molecular flexibility index (Phi) is 3.03. The predicted octanol–water partition coefficient (Wildman–Crippen LogP) is 2.72. The van der Waals surface area contributed by atoms with Crippen molar-refractivity contribution in [2.24, 2.45) is 17.3 Å². The highest BCUT2D eigenvalue weighted by Gasteiger charge is 2.60. The van der Waals surface area contributed by atoms with Gasteiger partial charge in [0, 0.05) is 0 Å². The molecule has 2 rings (SSSR count). The molecular formula is C12H17N3OS. The summed E-state index contributed by atoms with van der Waals surface area (Å²) in [6.07, 6.45) is 2.18.